The minimum Gasteiger partial charge on any atom is -0.497 e. The fourth-order valence-electron chi connectivity index (χ4n) is 5.08. The molecule has 0 radical (unpaired) electrons. The van der Waals surface area contributed by atoms with Crippen LogP contribution in [0.4, 0.5) is 0 Å². The molecule has 0 aliphatic carbocycles. The predicted octanol–water partition coefficient (Wildman–Crippen LogP) is 3.26. The highest BCUT2D eigenvalue weighted by Crippen LogP contribution is 2.41. The quantitative estimate of drug-likeness (QED) is 0.542. The van der Waals surface area contributed by atoms with Gasteiger partial charge < -0.3 is 14.1 Å². The lowest BCUT2D eigenvalue weighted by atomic mass is 9.75. The molecule has 0 bridgehead atoms. The van der Waals surface area contributed by atoms with Crippen LogP contribution in [0.3, 0.4) is 0 Å². The van der Waals surface area contributed by atoms with Crippen molar-refractivity contribution in [1.82, 2.24) is 14.8 Å². The number of carbonyl (C=O) groups is 3. The van der Waals surface area contributed by atoms with E-state index in [0.717, 1.165) is 28.8 Å². The fourth-order valence-corrected chi connectivity index (χ4v) is 5.08. The third-order valence-electron chi connectivity index (χ3n) is 7.12. The molecular weight excluding hydrogens is 434 g/mol. The van der Waals surface area contributed by atoms with Gasteiger partial charge in [0.05, 0.1) is 12.5 Å². The Kier molecular flexibility index (Phi) is 5.59. The van der Waals surface area contributed by atoms with Gasteiger partial charge in [0.25, 0.3) is 0 Å². The van der Waals surface area contributed by atoms with Crippen molar-refractivity contribution >= 4 is 28.8 Å². The first-order valence-corrected chi connectivity index (χ1v) is 11.5. The normalized spacial score (nSPS) is 21.5. The van der Waals surface area contributed by atoms with E-state index in [9.17, 15) is 14.4 Å². The summed E-state index contributed by atoms with van der Waals surface area (Å²) >= 11 is 0. The van der Waals surface area contributed by atoms with Gasteiger partial charge in [-0.3, -0.25) is 19.3 Å². The van der Waals surface area contributed by atoms with Crippen LogP contribution in [0, 0.1) is 0 Å². The van der Waals surface area contributed by atoms with Crippen LogP contribution in [0.1, 0.15) is 43.1 Å². The summed E-state index contributed by atoms with van der Waals surface area (Å²) in [6, 6.07) is 14.8. The number of rotatable bonds is 5. The van der Waals surface area contributed by atoms with Crippen molar-refractivity contribution in [2.24, 2.45) is 0 Å². The summed E-state index contributed by atoms with van der Waals surface area (Å²) in [6.07, 6.45) is 1.39. The molecule has 1 atom stereocenters. The van der Waals surface area contributed by atoms with Gasteiger partial charge in [0.1, 0.15) is 11.3 Å². The molecule has 0 spiro atoms. The number of benzene rings is 2. The summed E-state index contributed by atoms with van der Waals surface area (Å²) in [7, 11) is 3.02. The van der Waals surface area contributed by atoms with E-state index in [1.54, 1.807) is 36.3 Å². The van der Waals surface area contributed by atoms with Crippen LogP contribution in [0.5, 0.6) is 5.75 Å². The SMILES string of the molecule is COc1cccc(C2(CC(=O)N3CCC(c4nc5ccccc5o4)CC3)CC(=O)N(C)C2=O)c1. The van der Waals surface area contributed by atoms with Crippen LogP contribution < -0.4 is 4.74 Å². The van der Waals surface area contributed by atoms with Gasteiger partial charge in [-0.05, 0) is 42.7 Å². The molecule has 0 N–H and O–H groups in total. The number of carbonyl (C=O) groups excluding carboxylic acids is 3. The Labute approximate surface area is 197 Å². The summed E-state index contributed by atoms with van der Waals surface area (Å²) in [6.45, 7) is 1.10. The van der Waals surface area contributed by atoms with Crippen molar-refractivity contribution in [1.29, 1.82) is 0 Å². The van der Waals surface area contributed by atoms with E-state index in [4.69, 9.17) is 9.15 Å². The van der Waals surface area contributed by atoms with Crippen LogP contribution in [0.15, 0.2) is 52.9 Å². The molecule has 176 valence electrons. The number of para-hydroxylation sites is 2. The fraction of sp³-hybridized carbons (Fsp3) is 0.385. The summed E-state index contributed by atoms with van der Waals surface area (Å²) < 4.78 is 11.3. The number of fused-ring (bicyclic) bond motifs is 1. The van der Waals surface area contributed by atoms with Gasteiger partial charge >= 0.3 is 0 Å². The van der Waals surface area contributed by atoms with E-state index in [2.05, 4.69) is 4.98 Å². The number of hydrogen-bond donors (Lipinski definition) is 0. The second kappa shape index (κ2) is 8.59. The smallest absolute Gasteiger partial charge is 0.240 e. The van der Waals surface area contributed by atoms with Gasteiger partial charge in [-0.2, -0.15) is 0 Å². The highest BCUT2D eigenvalue weighted by Gasteiger charge is 2.53. The highest BCUT2D eigenvalue weighted by atomic mass is 16.5. The number of likely N-dealkylation sites (N-methyl/N-ethyl adjacent to an activating group) is 1. The maximum absolute atomic E-state index is 13.4. The molecule has 3 heterocycles. The van der Waals surface area contributed by atoms with Crippen molar-refractivity contribution in [2.45, 2.75) is 37.0 Å². The van der Waals surface area contributed by atoms with Crippen molar-refractivity contribution in [2.75, 3.05) is 27.2 Å². The first kappa shape index (κ1) is 22.1. The van der Waals surface area contributed by atoms with Crippen LogP contribution in [0.25, 0.3) is 11.1 Å². The maximum atomic E-state index is 13.4. The Morgan fingerprint density at radius 2 is 1.91 bits per heavy atom. The molecule has 2 aliphatic heterocycles. The molecule has 8 heteroatoms. The molecule has 2 saturated heterocycles. The average molecular weight is 462 g/mol. The monoisotopic (exact) mass is 461 g/mol. The number of piperidine rings is 1. The van der Waals surface area contributed by atoms with Crippen LogP contribution in [0.2, 0.25) is 0 Å². The van der Waals surface area contributed by atoms with Gasteiger partial charge in [-0.15, -0.1) is 0 Å². The molecular formula is C26H27N3O5. The van der Waals surface area contributed by atoms with Gasteiger partial charge in [0.15, 0.2) is 11.5 Å². The molecule has 1 aromatic heterocycles. The van der Waals surface area contributed by atoms with E-state index >= 15 is 0 Å². The van der Waals surface area contributed by atoms with Gasteiger partial charge in [-0.25, -0.2) is 4.98 Å². The maximum Gasteiger partial charge on any atom is 0.240 e. The minimum absolute atomic E-state index is 0.0272. The average Bonchev–Trinajstić information content (AvgIpc) is 3.40. The number of oxazole rings is 1. The molecule has 0 saturated carbocycles. The number of methoxy groups -OCH3 is 1. The van der Waals surface area contributed by atoms with E-state index in [0.29, 0.717) is 30.3 Å². The zero-order chi connectivity index (χ0) is 23.9. The van der Waals surface area contributed by atoms with E-state index < -0.39 is 5.41 Å². The third-order valence-corrected chi connectivity index (χ3v) is 7.12. The van der Waals surface area contributed by atoms with E-state index in [-0.39, 0.29) is 36.5 Å². The number of aromatic nitrogens is 1. The zero-order valence-electron chi connectivity index (χ0n) is 19.3. The van der Waals surface area contributed by atoms with Crippen LogP contribution in [-0.2, 0) is 19.8 Å². The van der Waals surface area contributed by atoms with Crippen molar-refractivity contribution in [3.05, 3.63) is 60.0 Å². The number of imide groups is 1. The number of nitrogens with zero attached hydrogens (tertiary/aromatic N) is 3. The van der Waals surface area contributed by atoms with Crippen LogP contribution in [-0.4, -0.2) is 59.8 Å². The first-order chi connectivity index (χ1) is 16.4. The predicted molar refractivity (Wildman–Crippen MR) is 124 cm³/mol. The summed E-state index contributed by atoms with van der Waals surface area (Å²) in [5.74, 6) is 0.674. The molecule has 2 fully saturated rings. The third kappa shape index (κ3) is 3.73. The number of likely N-dealkylation sites (tertiary alicyclic amines) is 2. The summed E-state index contributed by atoms with van der Waals surface area (Å²) in [5.41, 5.74) is 1.02. The minimum atomic E-state index is -1.21. The Bertz CT molecular complexity index is 1230. The molecule has 3 amide bonds. The molecule has 8 nitrogen and oxygen atoms in total. The second-order valence-corrected chi connectivity index (χ2v) is 9.10. The Balaban J connectivity index is 1.33. The zero-order valence-corrected chi connectivity index (χ0v) is 19.3. The van der Waals surface area contributed by atoms with Crippen LogP contribution >= 0.6 is 0 Å². The van der Waals surface area contributed by atoms with Crippen molar-refractivity contribution < 1.29 is 23.5 Å². The van der Waals surface area contributed by atoms with Crippen molar-refractivity contribution in [3.8, 4) is 5.75 Å². The number of ether oxygens (including phenoxy) is 1. The topological polar surface area (TPSA) is 92.9 Å². The molecule has 2 aromatic carbocycles. The Morgan fingerprint density at radius 1 is 1.15 bits per heavy atom. The Morgan fingerprint density at radius 3 is 2.59 bits per heavy atom. The van der Waals surface area contributed by atoms with E-state index in [1.165, 1.54) is 7.05 Å². The standard InChI is InChI=1S/C26H27N3O5/c1-28-22(30)15-26(25(28)32,18-6-5-7-19(14-18)33-2)16-23(31)29-12-10-17(11-13-29)24-27-20-8-3-4-9-21(20)34-24/h3-9,14,17H,10-13,15-16H2,1-2H3. The van der Waals surface area contributed by atoms with Gasteiger partial charge in [0.2, 0.25) is 17.7 Å². The number of hydrogen-bond acceptors (Lipinski definition) is 6. The molecule has 1 unspecified atom stereocenters. The lowest BCUT2D eigenvalue weighted by Crippen LogP contribution is -2.44. The second-order valence-electron chi connectivity index (χ2n) is 9.10. The Hall–Kier alpha value is -3.68. The van der Waals surface area contributed by atoms with Crippen molar-refractivity contribution in [3.63, 3.8) is 0 Å². The van der Waals surface area contributed by atoms with E-state index in [1.807, 2.05) is 24.3 Å². The highest BCUT2D eigenvalue weighted by molar-refractivity contribution is 6.10. The molecule has 5 rings (SSSR count). The summed E-state index contributed by atoms with van der Waals surface area (Å²) in [5, 5.41) is 0. The van der Waals surface area contributed by atoms with Gasteiger partial charge in [0, 0.05) is 38.9 Å². The lowest BCUT2D eigenvalue weighted by molar-refractivity contribution is -0.141. The number of amides is 3. The molecule has 34 heavy (non-hydrogen) atoms. The molecule has 3 aromatic rings. The molecule has 2 aliphatic rings. The first-order valence-electron chi connectivity index (χ1n) is 11.5. The lowest BCUT2D eigenvalue weighted by Gasteiger charge is -2.34. The van der Waals surface area contributed by atoms with Gasteiger partial charge in [-0.1, -0.05) is 24.3 Å². The summed E-state index contributed by atoms with van der Waals surface area (Å²) in [4.78, 5) is 46.7. The largest absolute Gasteiger partial charge is 0.497 e.